The lowest BCUT2D eigenvalue weighted by Gasteiger charge is -2.11. The zero-order valence-electron chi connectivity index (χ0n) is 19.5. The van der Waals surface area contributed by atoms with Gasteiger partial charge in [-0.2, -0.15) is 4.98 Å². The fourth-order valence-corrected chi connectivity index (χ4v) is 3.56. The average molecular weight is 469 g/mol. The minimum atomic E-state index is -0.756. The lowest BCUT2D eigenvalue weighted by atomic mass is 10.1. The molecule has 1 N–H and O–H groups in total. The molecule has 1 aromatic heterocycles. The van der Waals surface area contributed by atoms with Crippen molar-refractivity contribution in [2.75, 3.05) is 6.61 Å². The van der Waals surface area contributed by atoms with Gasteiger partial charge in [-0.15, -0.1) is 0 Å². The van der Waals surface area contributed by atoms with Crippen LogP contribution in [-0.2, 0) is 11.4 Å². The van der Waals surface area contributed by atoms with Crippen LogP contribution in [0.4, 0.5) is 0 Å². The van der Waals surface area contributed by atoms with E-state index in [9.17, 15) is 4.79 Å². The molecule has 0 atom stereocenters. The number of ether oxygens (including phenoxy) is 2. The summed E-state index contributed by atoms with van der Waals surface area (Å²) < 4.78 is 11.8. The Labute approximate surface area is 205 Å². The highest BCUT2D eigenvalue weighted by Gasteiger charge is 2.10. The lowest BCUT2D eigenvalue weighted by molar-refractivity contribution is -0.137. The predicted molar refractivity (Wildman–Crippen MR) is 135 cm³/mol. The van der Waals surface area contributed by atoms with Crippen molar-refractivity contribution < 1.29 is 19.4 Å². The number of benzene rings is 3. The SMILES string of the molecule is O=C(O)CCCCCOc1ccc(-c2nc(OCc3ccccc3)cc(-c3ccccc3)n2)cc1. The number of rotatable bonds is 12. The van der Waals surface area contributed by atoms with Crippen LogP contribution >= 0.6 is 0 Å². The average Bonchev–Trinajstić information content (AvgIpc) is 2.90. The van der Waals surface area contributed by atoms with Crippen LogP contribution in [0.25, 0.3) is 22.6 Å². The fourth-order valence-electron chi connectivity index (χ4n) is 3.56. The molecule has 0 unspecified atom stereocenters. The Bertz CT molecular complexity index is 1210. The van der Waals surface area contributed by atoms with Crippen molar-refractivity contribution in [2.24, 2.45) is 0 Å². The molecule has 0 aliphatic carbocycles. The van der Waals surface area contributed by atoms with Gasteiger partial charge in [0.05, 0.1) is 12.3 Å². The van der Waals surface area contributed by atoms with Gasteiger partial charge in [-0.05, 0) is 49.1 Å². The van der Waals surface area contributed by atoms with Crippen LogP contribution in [0.1, 0.15) is 31.2 Å². The summed E-state index contributed by atoms with van der Waals surface area (Å²) in [4.78, 5) is 20.0. The fraction of sp³-hybridized carbons (Fsp3) is 0.207. The zero-order valence-corrected chi connectivity index (χ0v) is 19.5. The van der Waals surface area contributed by atoms with Gasteiger partial charge in [-0.1, -0.05) is 60.7 Å². The van der Waals surface area contributed by atoms with Crippen molar-refractivity contribution in [1.82, 2.24) is 9.97 Å². The highest BCUT2D eigenvalue weighted by molar-refractivity contribution is 5.66. The summed E-state index contributed by atoms with van der Waals surface area (Å²) in [5.74, 6) is 1.09. The van der Waals surface area contributed by atoms with Gasteiger partial charge in [0.15, 0.2) is 5.82 Å². The molecule has 6 nitrogen and oxygen atoms in total. The Morgan fingerprint density at radius 3 is 2.17 bits per heavy atom. The Morgan fingerprint density at radius 2 is 1.46 bits per heavy atom. The van der Waals surface area contributed by atoms with Crippen molar-refractivity contribution >= 4 is 5.97 Å². The second-order valence-electron chi connectivity index (χ2n) is 8.13. The topological polar surface area (TPSA) is 81.5 Å². The maximum atomic E-state index is 10.6. The van der Waals surface area contributed by atoms with Gasteiger partial charge >= 0.3 is 5.97 Å². The second kappa shape index (κ2) is 12.3. The molecule has 0 aliphatic rings. The van der Waals surface area contributed by atoms with Gasteiger partial charge < -0.3 is 14.6 Å². The zero-order chi connectivity index (χ0) is 24.3. The van der Waals surface area contributed by atoms with Crippen LogP contribution in [-0.4, -0.2) is 27.7 Å². The molecule has 1 heterocycles. The Kier molecular flexibility index (Phi) is 8.43. The molecule has 4 rings (SSSR count). The quantitative estimate of drug-likeness (QED) is 0.242. The first-order chi connectivity index (χ1) is 17.2. The van der Waals surface area contributed by atoms with Crippen LogP contribution in [0.15, 0.2) is 91.0 Å². The molecule has 0 saturated heterocycles. The van der Waals surface area contributed by atoms with E-state index in [-0.39, 0.29) is 6.42 Å². The second-order valence-corrected chi connectivity index (χ2v) is 8.13. The van der Waals surface area contributed by atoms with E-state index in [1.54, 1.807) is 0 Å². The molecule has 0 bridgehead atoms. The van der Waals surface area contributed by atoms with Crippen LogP contribution in [0.2, 0.25) is 0 Å². The first kappa shape index (κ1) is 24.0. The molecule has 6 heteroatoms. The number of hydrogen-bond donors (Lipinski definition) is 1. The molecule has 3 aromatic carbocycles. The monoisotopic (exact) mass is 468 g/mol. The van der Waals surface area contributed by atoms with Crippen LogP contribution < -0.4 is 9.47 Å². The van der Waals surface area contributed by atoms with E-state index in [4.69, 9.17) is 19.6 Å². The summed E-state index contributed by atoms with van der Waals surface area (Å²) in [7, 11) is 0. The van der Waals surface area contributed by atoms with Crippen LogP contribution in [0, 0.1) is 0 Å². The predicted octanol–water partition coefficient (Wildman–Crippen LogP) is 6.41. The number of aliphatic carboxylic acids is 1. The first-order valence-electron chi connectivity index (χ1n) is 11.7. The molecular weight excluding hydrogens is 440 g/mol. The van der Waals surface area contributed by atoms with Crippen molar-refractivity contribution in [2.45, 2.75) is 32.3 Å². The third kappa shape index (κ3) is 7.40. The summed E-state index contributed by atoms with van der Waals surface area (Å²) in [5.41, 5.74) is 3.71. The van der Waals surface area contributed by atoms with E-state index < -0.39 is 5.97 Å². The van der Waals surface area contributed by atoms with Gasteiger partial charge in [-0.3, -0.25) is 4.79 Å². The largest absolute Gasteiger partial charge is 0.494 e. The number of carboxylic acid groups (broad SMARTS) is 1. The summed E-state index contributed by atoms with van der Waals surface area (Å²) in [6.45, 7) is 0.973. The molecule has 0 amide bonds. The van der Waals surface area contributed by atoms with Crippen molar-refractivity contribution in [3.63, 3.8) is 0 Å². The number of unbranched alkanes of at least 4 members (excludes halogenated alkanes) is 2. The third-order valence-corrected chi connectivity index (χ3v) is 5.42. The lowest BCUT2D eigenvalue weighted by Crippen LogP contribution is -2.01. The van der Waals surface area contributed by atoms with Gasteiger partial charge in [-0.25, -0.2) is 4.98 Å². The molecule has 35 heavy (non-hydrogen) atoms. The van der Waals surface area contributed by atoms with Gasteiger partial charge in [0.25, 0.3) is 0 Å². The van der Waals surface area contributed by atoms with Crippen LogP contribution in [0.5, 0.6) is 11.6 Å². The molecule has 0 radical (unpaired) electrons. The molecule has 0 aliphatic heterocycles. The Morgan fingerprint density at radius 1 is 0.743 bits per heavy atom. The Balaban J connectivity index is 1.47. The molecule has 0 spiro atoms. The maximum absolute atomic E-state index is 10.6. The van der Waals surface area contributed by atoms with E-state index in [1.807, 2.05) is 91.0 Å². The summed E-state index contributed by atoms with van der Waals surface area (Å²) in [6, 6.07) is 29.5. The van der Waals surface area contributed by atoms with Gasteiger partial charge in [0.2, 0.25) is 5.88 Å². The minimum absolute atomic E-state index is 0.202. The number of nitrogens with zero attached hydrogens (tertiary/aromatic N) is 2. The van der Waals surface area contributed by atoms with Crippen molar-refractivity contribution in [1.29, 1.82) is 0 Å². The molecular formula is C29H28N2O4. The number of aromatic nitrogens is 2. The highest BCUT2D eigenvalue weighted by atomic mass is 16.5. The molecule has 0 fully saturated rings. The van der Waals surface area contributed by atoms with E-state index in [1.165, 1.54) is 0 Å². The van der Waals surface area contributed by atoms with Crippen LogP contribution in [0.3, 0.4) is 0 Å². The van der Waals surface area contributed by atoms with E-state index in [0.29, 0.717) is 31.3 Å². The maximum Gasteiger partial charge on any atom is 0.303 e. The summed E-state index contributed by atoms with van der Waals surface area (Å²) >= 11 is 0. The molecule has 4 aromatic rings. The summed E-state index contributed by atoms with van der Waals surface area (Å²) in [5, 5.41) is 8.70. The van der Waals surface area contributed by atoms with E-state index in [0.717, 1.165) is 41.0 Å². The Hall–Kier alpha value is -4.19. The summed E-state index contributed by atoms with van der Waals surface area (Å²) in [6.07, 6.45) is 2.52. The first-order valence-corrected chi connectivity index (χ1v) is 11.7. The highest BCUT2D eigenvalue weighted by Crippen LogP contribution is 2.27. The molecule has 178 valence electrons. The normalized spacial score (nSPS) is 10.6. The number of carboxylic acids is 1. The number of hydrogen-bond acceptors (Lipinski definition) is 5. The van der Waals surface area contributed by atoms with Gasteiger partial charge in [0.1, 0.15) is 12.4 Å². The van der Waals surface area contributed by atoms with Crippen molar-refractivity contribution in [3.8, 4) is 34.3 Å². The van der Waals surface area contributed by atoms with E-state index in [2.05, 4.69) is 4.98 Å². The van der Waals surface area contributed by atoms with Crippen molar-refractivity contribution in [3.05, 3.63) is 96.6 Å². The smallest absolute Gasteiger partial charge is 0.303 e. The van der Waals surface area contributed by atoms with Gasteiger partial charge in [0, 0.05) is 23.6 Å². The third-order valence-electron chi connectivity index (χ3n) is 5.42. The molecule has 0 saturated carbocycles. The number of carbonyl (C=O) groups is 1. The standard InChI is InChI=1S/C29H28N2O4/c32-28(33)14-8-3-9-19-34-25-17-15-24(16-18-25)29-30-26(23-12-6-2-7-13-23)20-27(31-29)35-21-22-10-4-1-5-11-22/h1-2,4-7,10-13,15-18,20H,3,8-9,14,19,21H2,(H,32,33). The minimum Gasteiger partial charge on any atom is -0.494 e. The van der Waals surface area contributed by atoms with E-state index >= 15 is 0 Å².